The first kappa shape index (κ1) is 25.6. The molecule has 4 rings (SSSR count). The van der Waals surface area contributed by atoms with Crippen LogP contribution in [0, 0.1) is 0 Å². The molecule has 4 aromatic carbocycles. The third kappa shape index (κ3) is 7.24. The van der Waals surface area contributed by atoms with Crippen LogP contribution in [0.1, 0.15) is 11.1 Å². The predicted octanol–water partition coefficient (Wildman–Crippen LogP) is 9.53. The summed E-state index contributed by atoms with van der Waals surface area (Å²) in [5.74, 6) is 0. The van der Waals surface area contributed by atoms with Crippen LogP contribution in [-0.4, -0.2) is 36.8 Å². The molecule has 0 aliphatic heterocycles. The first-order valence-electron chi connectivity index (χ1n) is 12.4. The van der Waals surface area contributed by atoms with E-state index in [4.69, 9.17) is 0 Å². The Labute approximate surface area is 215 Å². The number of hydrogen-bond donors (Lipinski definition) is 0. The molecule has 0 spiro atoms. The molecule has 0 aromatic heterocycles. The van der Waals surface area contributed by atoms with Crippen LogP contribution in [0.25, 0.3) is 33.4 Å². The molecule has 0 saturated carbocycles. The van der Waals surface area contributed by atoms with E-state index in [-0.39, 0.29) is 0 Å². The van der Waals surface area contributed by atoms with Crippen molar-refractivity contribution in [1.29, 1.82) is 0 Å². The third-order valence-corrected chi connectivity index (χ3v) is 14.5. The SMILES string of the molecule is [CH3][Sn]([CH3])([CH3])[CH2]c1ccc(-c2ccc(-c3ccc(-c4ccc([CH2][Sn]([CH3])([CH3])[CH3])cc4)cc3)cc2)cc1. The monoisotopic (exact) mass is 662 g/mol. The average Bonchev–Trinajstić information content (AvgIpc) is 2.78. The van der Waals surface area contributed by atoms with E-state index in [1.165, 1.54) is 53.4 Å². The fourth-order valence-corrected chi connectivity index (χ4v) is 12.9. The van der Waals surface area contributed by atoms with E-state index in [0.717, 1.165) is 0 Å². The van der Waals surface area contributed by atoms with Crippen molar-refractivity contribution in [2.24, 2.45) is 0 Å². The minimum absolute atomic E-state index is 1.27. The van der Waals surface area contributed by atoms with Gasteiger partial charge in [-0.25, -0.2) is 0 Å². The van der Waals surface area contributed by atoms with Crippen LogP contribution in [0.2, 0.25) is 29.6 Å². The van der Waals surface area contributed by atoms with E-state index in [0.29, 0.717) is 0 Å². The summed E-state index contributed by atoms with van der Waals surface area (Å²) in [5, 5.41) is 0. The van der Waals surface area contributed by atoms with Gasteiger partial charge in [-0.2, -0.15) is 0 Å². The molecule has 0 fully saturated rings. The van der Waals surface area contributed by atoms with Gasteiger partial charge in [-0.3, -0.25) is 0 Å². The van der Waals surface area contributed by atoms with Gasteiger partial charge in [0, 0.05) is 0 Å². The quantitative estimate of drug-likeness (QED) is 0.173. The maximum absolute atomic E-state index is 2.50. The number of hydrogen-bond acceptors (Lipinski definition) is 0. The Balaban J connectivity index is 1.45. The zero-order valence-electron chi connectivity index (χ0n) is 21.7. The molecular weight excluding hydrogens is 622 g/mol. The van der Waals surface area contributed by atoms with Crippen molar-refractivity contribution >= 4 is 36.8 Å². The summed E-state index contributed by atoms with van der Waals surface area (Å²) in [6.07, 6.45) is 0. The van der Waals surface area contributed by atoms with Crippen LogP contribution >= 0.6 is 0 Å². The second kappa shape index (κ2) is 10.6. The Morgan fingerprint density at radius 2 is 0.500 bits per heavy atom. The molecule has 0 aliphatic rings. The maximum atomic E-state index is 2.50. The van der Waals surface area contributed by atoms with E-state index in [1.807, 2.05) is 0 Å². The Bertz CT molecular complexity index is 1100. The van der Waals surface area contributed by atoms with Gasteiger partial charge in [-0.1, -0.05) is 0 Å². The van der Waals surface area contributed by atoms with Crippen molar-refractivity contribution in [3.8, 4) is 33.4 Å². The van der Waals surface area contributed by atoms with E-state index >= 15 is 0 Å². The van der Waals surface area contributed by atoms with Crippen LogP contribution in [0.4, 0.5) is 0 Å². The molecule has 2 heteroatoms. The fourth-order valence-electron chi connectivity index (χ4n) is 4.57. The molecule has 0 amide bonds. The van der Waals surface area contributed by atoms with Crippen LogP contribution in [0.15, 0.2) is 97.1 Å². The Kier molecular flexibility index (Phi) is 7.98. The molecule has 174 valence electrons. The van der Waals surface area contributed by atoms with E-state index in [1.54, 1.807) is 0 Å². The molecule has 34 heavy (non-hydrogen) atoms. The molecule has 0 atom stereocenters. The van der Waals surface area contributed by atoms with Crippen molar-refractivity contribution in [2.75, 3.05) is 0 Å². The van der Waals surface area contributed by atoms with Gasteiger partial charge < -0.3 is 0 Å². The molecule has 0 bridgehead atoms. The van der Waals surface area contributed by atoms with Gasteiger partial charge in [0.15, 0.2) is 0 Å². The summed E-state index contributed by atoms with van der Waals surface area (Å²) in [6.45, 7) is 0. The standard InChI is InChI=1S/C26H20.6CH3.2Sn/c1-19-3-7-21(8-4-19)23-11-15-25(16-12-23)26-17-13-24(14-18-26)22-9-5-20(2)6-10-22;;;;;;;;/h3-18H,1-2H2;6*1H3;;. The Morgan fingerprint density at radius 1 is 0.324 bits per heavy atom. The van der Waals surface area contributed by atoms with Crippen molar-refractivity contribution in [2.45, 2.75) is 38.5 Å². The molecule has 0 saturated heterocycles. The second-order valence-corrected chi connectivity index (χ2v) is 43.3. The summed E-state index contributed by atoms with van der Waals surface area (Å²) in [6, 6.07) is 36.4. The van der Waals surface area contributed by atoms with E-state index in [2.05, 4.69) is 127 Å². The summed E-state index contributed by atoms with van der Waals surface area (Å²) >= 11 is -3.57. The van der Waals surface area contributed by atoms with Crippen molar-refractivity contribution in [3.05, 3.63) is 108 Å². The topological polar surface area (TPSA) is 0 Å². The molecule has 0 N–H and O–H groups in total. The van der Waals surface area contributed by atoms with Gasteiger partial charge >= 0.3 is 217 Å². The Hall–Kier alpha value is -1.52. The summed E-state index contributed by atoms with van der Waals surface area (Å²) in [4.78, 5) is 15.0. The van der Waals surface area contributed by atoms with Gasteiger partial charge in [0.25, 0.3) is 0 Å². The zero-order chi connectivity index (χ0) is 24.3. The van der Waals surface area contributed by atoms with Gasteiger partial charge in [-0.05, 0) is 0 Å². The second-order valence-electron chi connectivity index (χ2n) is 12.0. The summed E-state index contributed by atoms with van der Waals surface area (Å²) in [7, 11) is 0. The zero-order valence-corrected chi connectivity index (χ0v) is 27.4. The normalized spacial score (nSPS) is 12.1. The van der Waals surface area contributed by atoms with Crippen molar-refractivity contribution in [3.63, 3.8) is 0 Å². The number of benzene rings is 4. The summed E-state index contributed by atoms with van der Waals surface area (Å²) < 4.78 is 2.63. The van der Waals surface area contributed by atoms with E-state index in [9.17, 15) is 0 Å². The average molecular weight is 660 g/mol. The number of rotatable bonds is 7. The van der Waals surface area contributed by atoms with Gasteiger partial charge in [0.2, 0.25) is 0 Å². The molecule has 0 aliphatic carbocycles. The molecule has 0 heterocycles. The van der Waals surface area contributed by atoms with Crippen LogP contribution in [0.5, 0.6) is 0 Å². The minimum atomic E-state index is -1.79. The van der Waals surface area contributed by atoms with Gasteiger partial charge in [0.1, 0.15) is 0 Å². The first-order valence-corrected chi connectivity index (χ1v) is 33.6. The molecular formula is C32H38Sn2. The van der Waals surface area contributed by atoms with Crippen molar-refractivity contribution < 1.29 is 0 Å². The van der Waals surface area contributed by atoms with Crippen LogP contribution in [-0.2, 0) is 8.87 Å². The van der Waals surface area contributed by atoms with Gasteiger partial charge in [0.05, 0.1) is 0 Å². The predicted molar refractivity (Wildman–Crippen MR) is 157 cm³/mol. The van der Waals surface area contributed by atoms with E-state index < -0.39 is 36.8 Å². The fraction of sp³-hybridized carbons (Fsp3) is 0.250. The summed E-state index contributed by atoms with van der Waals surface area (Å²) in [5.41, 5.74) is 10.7. The van der Waals surface area contributed by atoms with Gasteiger partial charge in [-0.15, -0.1) is 0 Å². The third-order valence-electron chi connectivity index (χ3n) is 6.15. The molecule has 0 nitrogen and oxygen atoms in total. The first-order chi connectivity index (χ1) is 16.1. The molecule has 0 unspecified atom stereocenters. The van der Waals surface area contributed by atoms with Crippen LogP contribution in [0.3, 0.4) is 0 Å². The molecule has 0 radical (unpaired) electrons. The van der Waals surface area contributed by atoms with Crippen molar-refractivity contribution in [1.82, 2.24) is 0 Å². The van der Waals surface area contributed by atoms with Crippen LogP contribution < -0.4 is 0 Å². The Morgan fingerprint density at radius 3 is 0.676 bits per heavy atom. The molecule has 4 aromatic rings.